The van der Waals surface area contributed by atoms with E-state index >= 15 is 0 Å². The largest absolute Gasteiger partial charge is 0.468 e. The predicted octanol–water partition coefficient (Wildman–Crippen LogP) is 0.222. The number of amides is 1. The number of carbonyl (C=O) groups is 2. The van der Waals surface area contributed by atoms with Gasteiger partial charge < -0.3 is 9.64 Å². The molecule has 7 heteroatoms. The van der Waals surface area contributed by atoms with Crippen molar-refractivity contribution >= 4 is 11.9 Å². The van der Waals surface area contributed by atoms with Gasteiger partial charge in [-0.1, -0.05) is 12.8 Å². The average molecular weight is 266 g/mol. The molecule has 1 aromatic rings. The summed E-state index contributed by atoms with van der Waals surface area (Å²) in [5, 5.41) is 3.91. The van der Waals surface area contributed by atoms with Crippen LogP contribution < -0.4 is 0 Å². The van der Waals surface area contributed by atoms with Crippen LogP contribution in [0.5, 0.6) is 0 Å². The molecule has 1 heterocycles. The molecule has 1 amide bonds. The summed E-state index contributed by atoms with van der Waals surface area (Å²) < 4.78 is 6.12. The van der Waals surface area contributed by atoms with E-state index in [9.17, 15) is 9.59 Å². The number of esters is 1. The van der Waals surface area contributed by atoms with E-state index in [1.807, 2.05) is 0 Å². The molecule has 1 aliphatic carbocycles. The number of carbonyl (C=O) groups excluding carboxylic acids is 2. The molecule has 0 aromatic carbocycles. The second-order valence-corrected chi connectivity index (χ2v) is 4.63. The number of hydrogen-bond acceptors (Lipinski definition) is 5. The lowest BCUT2D eigenvalue weighted by Gasteiger charge is -2.27. The summed E-state index contributed by atoms with van der Waals surface area (Å²) in [6, 6.07) is 0.134. The minimum atomic E-state index is -0.390. The highest BCUT2D eigenvalue weighted by molar-refractivity contribution is 5.82. The van der Waals surface area contributed by atoms with Gasteiger partial charge in [0.1, 0.15) is 25.7 Å². The van der Waals surface area contributed by atoms with Crippen LogP contribution in [0.4, 0.5) is 0 Å². The fraction of sp³-hybridized carbons (Fsp3) is 0.667. The Bertz CT molecular complexity index is 426. The number of hydrogen-bond donors (Lipinski definition) is 0. The maximum atomic E-state index is 12.3. The number of rotatable bonds is 5. The van der Waals surface area contributed by atoms with Crippen LogP contribution >= 0.6 is 0 Å². The van der Waals surface area contributed by atoms with Gasteiger partial charge in [0, 0.05) is 6.04 Å². The lowest BCUT2D eigenvalue weighted by Crippen LogP contribution is -2.44. The molecule has 0 saturated heterocycles. The lowest BCUT2D eigenvalue weighted by molar-refractivity contribution is -0.148. The zero-order chi connectivity index (χ0) is 13.7. The van der Waals surface area contributed by atoms with Crippen molar-refractivity contribution < 1.29 is 14.3 Å². The third kappa shape index (κ3) is 3.52. The van der Waals surface area contributed by atoms with Gasteiger partial charge in [-0.05, 0) is 12.8 Å². The summed E-state index contributed by atoms with van der Waals surface area (Å²) in [4.78, 5) is 29.1. The highest BCUT2D eigenvalue weighted by Crippen LogP contribution is 2.23. The molecule has 1 aliphatic rings. The fourth-order valence-corrected chi connectivity index (χ4v) is 2.38. The highest BCUT2D eigenvalue weighted by Gasteiger charge is 2.28. The van der Waals surface area contributed by atoms with Gasteiger partial charge in [-0.3, -0.25) is 9.59 Å². The molecule has 0 atom stereocenters. The molecule has 0 spiro atoms. The minimum Gasteiger partial charge on any atom is -0.468 e. The highest BCUT2D eigenvalue weighted by atomic mass is 16.5. The van der Waals surface area contributed by atoms with Crippen molar-refractivity contribution in [3.63, 3.8) is 0 Å². The van der Waals surface area contributed by atoms with Gasteiger partial charge in [0.2, 0.25) is 5.91 Å². The van der Waals surface area contributed by atoms with Gasteiger partial charge in [0.15, 0.2) is 0 Å². The Kier molecular flexibility index (Phi) is 4.48. The molecule has 2 rings (SSSR count). The summed E-state index contributed by atoms with van der Waals surface area (Å²) in [6.07, 6.45) is 6.95. The van der Waals surface area contributed by atoms with Gasteiger partial charge in [-0.15, -0.1) is 0 Å². The smallest absolute Gasteiger partial charge is 0.325 e. The SMILES string of the molecule is COC(=O)CN(C(=O)Cn1cncn1)C1CCCC1. The van der Waals surface area contributed by atoms with E-state index in [0.29, 0.717) is 0 Å². The van der Waals surface area contributed by atoms with E-state index in [4.69, 9.17) is 0 Å². The molecule has 1 aromatic heterocycles. The van der Waals surface area contributed by atoms with Crippen molar-refractivity contribution in [2.24, 2.45) is 0 Å². The molecule has 7 nitrogen and oxygen atoms in total. The van der Waals surface area contributed by atoms with Crippen LogP contribution in [0, 0.1) is 0 Å². The second kappa shape index (κ2) is 6.31. The Morgan fingerprint density at radius 2 is 2.16 bits per heavy atom. The molecule has 1 saturated carbocycles. The van der Waals surface area contributed by atoms with Crippen LogP contribution in [0.1, 0.15) is 25.7 Å². The third-order valence-corrected chi connectivity index (χ3v) is 3.38. The number of methoxy groups -OCH3 is 1. The summed E-state index contributed by atoms with van der Waals surface area (Å²) in [5.41, 5.74) is 0. The molecule has 0 radical (unpaired) electrons. The van der Waals surface area contributed by atoms with Crippen LogP contribution in [-0.2, 0) is 20.9 Å². The molecule has 0 N–H and O–H groups in total. The first kappa shape index (κ1) is 13.5. The third-order valence-electron chi connectivity index (χ3n) is 3.38. The van der Waals surface area contributed by atoms with Crippen molar-refractivity contribution in [3.8, 4) is 0 Å². The minimum absolute atomic E-state index is 0.00863. The number of aromatic nitrogens is 3. The fourth-order valence-electron chi connectivity index (χ4n) is 2.38. The van der Waals surface area contributed by atoms with Crippen molar-refractivity contribution in [2.45, 2.75) is 38.3 Å². The van der Waals surface area contributed by atoms with Gasteiger partial charge in [-0.25, -0.2) is 9.67 Å². The van der Waals surface area contributed by atoms with Gasteiger partial charge in [0.25, 0.3) is 0 Å². The number of ether oxygens (including phenoxy) is 1. The zero-order valence-corrected chi connectivity index (χ0v) is 11.0. The first-order valence-electron chi connectivity index (χ1n) is 6.39. The Morgan fingerprint density at radius 3 is 2.74 bits per heavy atom. The normalized spacial score (nSPS) is 15.4. The van der Waals surface area contributed by atoms with E-state index in [-0.39, 0.29) is 31.0 Å². The summed E-state index contributed by atoms with van der Waals surface area (Å²) in [5.74, 6) is -0.512. The topological polar surface area (TPSA) is 77.3 Å². The first-order chi connectivity index (χ1) is 9.20. The van der Waals surface area contributed by atoms with E-state index in [1.165, 1.54) is 24.4 Å². The van der Waals surface area contributed by atoms with Gasteiger partial charge in [0.05, 0.1) is 7.11 Å². The van der Waals surface area contributed by atoms with Crippen LogP contribution in [0.2, 0.25) is 0 Å². The lowest BCUT2D eigenvalue weighted by atomic mass is 10.2. The van der Waals surface area contributed by atoms with Gasteiger partial charge in [-0.2, -0.15) is 5.10 Å². The molecular weight excluding hydrogens is 248 g/mol. The maximum Gasteiger partial charge on any atom is 0.325 e. The molecule has 0 unspecified atom stereocenters. The van der Waals surface area contributed by atoms with Crippen molar-refractivity contribution in [1.29, 1.82) is 0 Å². The van der Waals surface area contributed by atoms with Gasteiger partial charge >= 0.3 is 5.97 Å². The van der Waals surface area contributed by atoms with Crippen LogP contribution in [0.15, 0.2) is 12.7 Å². The summed E-state index contributed by atoms with van der Waals surface area (Å²) in [7, 11) is 1.33. The molecule has 19 heavy (non-hydrogen) atoms. The van der Waals surface area contributed by atoms with E-state index in [0.717, 1.165) is 25.7 Å². The number of nitrogens with zero attached hydrogens (tertiary/aromatic N) is 4. The van der Waals surface area contributed by atoms with E-state index in [2.05, 4.69) is 14.8 Å². The Hall–Kier alpha value is -1.92. The molecule has 1 fully saturated rings. The average Bonchev–Trinajstić information content (AvgIpc) is 3.08. The summed E-state index contributed by atoms with van der Waals surface area (Å²) >= 11 is 0. The van der Waals surface area contributed by atoms with Crippen molar-refractivity contribution in [2.75, 3.05) is 13.7 Å². The maximum absolute atomic E-state index is 12.3. The first-order valence-corrected chi connectivity index (χ1v) is 6.39. The van der Waals surface area contributed by atoms with Crippen LogP contribution in [-0.4, -0.2) is 51.2 Å². The van der Waals surface area contributed by atoms with Crippen LogP contribution in [0.25, 0.3) is 0 Å². The molecule has 0 aliphatic heterocycles. The molecule has 104 valence electrons. The molecule has 0 bridgehead atoms. The molecular formula is C12H18N4O3. The Labute approximate surface area is 111 Å². The predicted molar refractivity (Wildman–Crippen MR) is 66.0 cm³/mol. The Balaban J connectivity index is 2.02. The summed E-state index contributed by atoms with van der Waals surface area (Å²) in [6.45, 7) is 0.113. The second-order valence-electron chi connectivity index (χ2n) is 4.63. The zero-order valence-electron chi connectivity index (χ0n) is 11.0. The van der Waals surface area contributed by atoms with E-state index < -0.39 is 0 Å². The quantitative estimate of drug-likeness (QED) is 0.713. The Morgan fingerprint density at radius 1 is 1.42 bits per heavy atom. The van der Waals surface area contributed by atoms with Crippen molar-refractivity contribution in [1.82, 2.24) is 19.7 Å². The van der Waals surface area contributed by atoms with Crippen LogP contribution in [0.3, 0.4) is 0 Å². The van der Waals surface area contributed by atoms with E-state index in [1.54, 1.807) is 4.90 Å². The standard InChI is InChI=1S/C12H18N4O3/c1-19-12(18)7-16(10-4-2-3-5-10)11(17)6-15-9-13-8-14-15/h8-10H,2-7H2,1H3. The monoisotopic (exact) mass is 266 g/mol. The van der Waals surface area contributed by atoms with Crippen molar-refractivity contribution in [3.05, 3.63) is 12.7 Å².